The van der Waals surface area contributed by atoms with Crippen molar-refractivity contribution in [3.05, 3.63) is 70.7 Å². The first-order chi connectivity index (χ1) is 20.9. The highest BCUT2D eigenvalue weighted by Crippen LogP contribution is 2.43. The number of rotatable bonds is 8. The van der Waals surface area contributed by atoms with Gasteiger partial charge in [-0.3, -0.25) is 4.79 Å². The van der Waals surface area contributed by atoms with Crippen molar-refractivity contribution in [3.8, 4) is 5.75 Å². The molecular formula is C34H39BrF2N2O4S. The third-order valence-electron chi connectivity index (χ3n) is 9.71. The number of nitrogens with zero attached hydrogens (tertiary/aromatic N) is 2. The van der Waals surface area contributed by atoms with Gasteiger partial charge in [0.15, 0.2) is 6.04 Å². The number of alkyl halides is 2. The van der Waals surface area contributed by atoms with Crippen LogP contribution in [0, 0.1) is 5.92 Å². The van der Waals surface area contributed by atoms with E-state index in [-0.39, 0.29) is 23.1 Å². The molecule has 3 unspecified atom stereocenters. The van der Waals surface area contributed by atoms with E-state index in [1.54, 1.807) is 17.0 Å². The van der Waals surface area contributed by atoms with E-state index < -0.39 is 33.5 Å². The number of carbonyl (C=O) groups excluding carboxylic acids is 1. The molecule has 0 radical (unpaired) electrons. The second-order valence-corrected chi connectivity index (χ2v) is 15.7. The first-order valence-corrected chi connectivity index (χ1v) is 17.8. The molecule has 236 valence electrons. The van der Waals surface area contributed by atoms with Crippen molar-refractivity contribution in [1.82, 2.24) is 9.21 Å². The monoisotopic (exact) mass is 688 g/mol. The number of piperidine rings is 1. The largest absolute Gasteiger partial charge is 0.490 e. The maximum absolute atomic E-state index is 16.5. The summed E-state index contributed by atoms with van der Waals surface area (Å²) >= 11 is 3.28. The van der Waals surface area contributed by atoms with Crippen molar-refractivity contribution < 1.29 is 26.7 Å². The molecule has 3 atom stereocenters. The molecule has 6 nitrogen and oxygen atoms in total. The fraction of sp³-hybridized carbons (Fsp3) is 0.500. The number of halogens is 3. The summed E-state index contributed by atoms with van der Waals surface area (Å²) in [5.74, 6) is -3.52. The highest BCUT2D eigenvalue weighted by atomic mass is 79.9. The van der Waals surface area contributed by atoms with Gasteiger partial charge in [-0.25, -0.2) is 8.42 Å². The smallest absolute Gasteiger partial charge is 0.298 e. The quantitative estimate of drug-likeness (QED) is 0.242. The molecule has 1 aliphatic carbocycles. The minimum atomic E-state index is -4.51. The molecule has 2 bridgehead atoms. The minimum absolute atomic E-state index is 0.145. The zero-order valence-corrected chi connectivity index (χ0v) is 27.5. The Hall–Kier alpha value is -2.56. The number of amides is 1. The van der Waals surface area contributed by atoms with Gasteiger partial charge < -0.3 is 9.64 Å². The van der Waals surface area contributed by atoms with Crippen LogP contribution in [0.1, 0.15) is 70.3 Å². The van der Waals surface area contributed by atoms with Crippen LogP contribution in [0.4, 0.5) is 8.78 Å². The SMILES string of the molecule is CC1CC2CCC(C1)N2C(=O)C(N(C)S(=O)(=O)c1ccc2cc(OC3CCCCC3)ccc2c1)C(F)(F)c1ccc(Br)cc1. The summed E-state index contributed by atoms with van der Waals surface area (Å²) in [6.45, 7) is 2.11. The molecule has 0 spiro atoms. The maximum atomic E-state index is 16.5. The van der Waals surface area contributed by atoms with Crippen LogP contribution in [0.3, 0.4) is 0 Å². The molecular weight excluding hydrogens is 650 g/mol. The van der Waals surface area contributed by atoms with Crippen molar-refractivity contribution in [2.24, 2.45) is 5.92 Å². The molecule has 0 N–H and O–H groups in total. The van der Waals surface area contributed by atoms with Crippen LogP contribution in [-0.4, -0.2) is 54.8 Å². The van der Waals surface area contributed by atoms with Crippen molar-refractivity contribution in [2.45, 2.75) is 99.8 Å². The lowest BCUT2D eigenvalue weighted by atomic mass is 9.90. The molecule has 2 heterocycles. The van der Waals surface area contributed by atoms with Crippen molar-refractivity contribution in [2.75, 3.05) is 7.05 Å². The number of sulfonamides is 1. The zero-order chi connectivity index (χ0) is 31.2. The van der Waals surface area contributed by atoms with Crippen LogP contribution < -0.4 is 4.74 Å². The van der Waals surface area contributed by atoms with Gasteiger partial charge in [0.2, 0.25) is 15.9 Å². The molecule has 0 aromatic heterocycles. The Balaban J connectivity index is 1.34. The average molecular weight is 690 g/mol. The van der Waals surface area contributed by atoms with Crippen LogP contribution in [0.2, 0.25) is 0 Å². The summed E-state index contributed by atoms with van der Waals surface area (Å²) in [5.41, 5.74) is -0.414. The van der Waals surface area contributed by atoms with Gasteiger partial charge in [-0.1, -0.05) is 53.5 Å². The lowest BCUT2D eigenvalue weighted by Crippen LogP contribution is -2.60. The Morgan fingerprint density at radius 2 is 1.55 bits per heavy atom. The number of hydrogen-bond donors (Lipinski definition) is 0. The maximum Gasteiger partial charge on any atom is 0.298 e. The van der Waals surface area contributed by atoms with Crippen LogP contribution >= 0.6 is 15.9 Å². The highest BCUT2D eigenvalue weighted by Gasteiger charge is 2.56. The second kappa shape index (κ2) is 12.3. The van der Waals surface area contributed by atoms with E-state index in [9.17, 15) is 13.2 Å². The summed E-state index contributed by atoms with van der Waals surface area (Å²) in [5, 5.41) is 1.42. The van der Waals surface area contributed by atoms with E-state index in [4.69, 9.17) is 4.74 Å². The Kier molecular flexibility index (Phi) is 8.80. The van der Waals surface area contributed by atoms with E-state index in [1.165, 1.54) is 42.8 Å². The summed E-state index contributed by atoms with van der Waals surface area (Å²) in [6, 6.07) is 12.9. The third-order valence-corrected chi connectivity index (χ3v) is 12.1. The first-order valence-electron chi connectivity index (χ1n) is 15.6. The highest BCUT2D eigenvalue weighted by molar-refractivity contribution is 9.10. The van der Waals surface area contributed by atoms with Crippen LogP contribution in [-0.2, 0) is 20.7 Å². The number of ether oxygens (including phenoxy) is 1. The van der Waals surface area contributed by atoms with Gasteiger partial charge in [0, 0.05) is 29.2 Å². The number of benzene rings is 3. The van der Waals surface area contributed by atoms with Crippen LogP contribution in [0.25, 0.3) is 10.8 Å². The number of hydrogen-bond acceptors (Lipinski definition) is 4. The standard InChI is InChI=1S/C34H39BrF2N2O4S/c1-22-18-27-14-15-28(19-22)39(27)33(40)32(34(36,37)25-10-12-26(35)13-11-25)38(2)44(41,42)31-17-9-23-20-30(16-8-24(23)21-31)43-29-6-4-3-5-7-29/h8-13,16-17,20-22,27-29,32H,3-7,14-15,18-19H2,1-2H3. The fourth-order valence-electron chi connectivity index (χ4n) is 7.44. The predicted molar refractivity (Wildman–Crippen MR) is 170 cm³/mol. The molecule has 2 saturated heterocycles. The lowest BCUT2D eigenvalue weighted by Gasteiger charge is -2.42. The molecule has 3 aromatic carbocycles. The summed E-state index contributed by atoms with van der Waals surface area (Å²) in [6.07, 6.45) is 8.67. The summed E-state index contributed by atoms with van der Waals surface area (Å²) < 4.78 is 68.6. The average Bonchev–Trinajstić information content (AvgIpc) is 3.28. The molecule has 3 aliphatic rings. The number of carbonyl (C=O) groups is 1. The fourth-order valence-corrected chi connectivity index (χ4v) is 9.05. The topological polar surface area (TPSA) is 66.9 Å². The summed E-state index contributed by atoms with van der Waals surface area (Å²) in [4.78, 5) is 15.6. The molecule has 10 heteroatoms. The molecule has 1 saturated carbocycles. The molecule has 3 fully saturated rings. The lowest BCUT2D eigenvalue weighted by molar-refractivity contribution is -0.155. The molecule has 1 amide bonds. The molecule has 44 heavy (non-hydrogen) atoms. The van der Waals surface area contributed by atoms with Crippen molar-refractivity contribution >= 4 is 42.6 Å². The minimum Gasteiger partial charge on any atom is -0.490 e. The Bertz CT molecular complexity index is 1610. The van der Waals surface area contributed by atoms with E-state index >= 15 is 8.78 Å². The van der Waals surface area contributed by atoms with Crippen LogP contribution in [0.5, 0.6) is 5.75 Å². The van der Waals surface area contributed by atoms with E-state index in [1.807, 2.05) is 12.1 Å². The van der Waals surface area contributed by atoms with Gasteiger partial charge in [-0.2, -0.15) is 13.1 Å². The molecule has 3 aromatic rings. The Morgan fingerprint density at radius 3 is 2.20 bits per heavy atom. The molecule has 6 rings (SSSR count). The van der Waals surface area contributed by atoms with Crippen LogP contribution in [0.15, 0.2) is 70.0 Å². The van der Waals surface area contributed by atoms with Crippen molar-refractivity contribution in [3.63, 3.8) is 0 Å². The van der Waals surface area contributed by atoms with Gasteiger partial charge in [-0.15, -0.1) is 0 Å². The predicted octanol–water partition coefficient (Wildman–Crippen LogP) is 7.88. The van der Waals surface area contributed by atoms with Gasteiger partial charge in [0.05, 0.1) is 11.0 Å². The van der Waals surface area contributed by atoms with E-state index in [2.05, 4.69) is 22.9 Å². The van der Waals surface area contributed by atoms with Gasteiger partial charge in [0.25, 0.3) is 5.92 Å². The third kappa shape index (κ3) is 6.01. The van der Waals surface area contributed by atoms with E-state index in [0.29, 0.717) is 20.1 Å². The second-order valence-electron chi connectivity index (χ2n) is 12.8. The van der Waals surface area contributed by atoms with Gasteiger partial charge in [0.1, 0.15) is 5.75 Å². The first kappa shape index (κ1) is 31.4. The summed E-state index contributed by atoms with van der Waals surface area (Å²) in [7, 11) is -3.40. The number of likely N-dealkylation sites (N-methyl/N-ethyl adjacent to an activating group) is 1. The van der Waals surface area contributed by atoms with Crippen molar-refractivity contribution in [1.29, 1.82) is 0 Å². The van der Waals surface area contributed by atoms with Gasteiger partial charge >= 0.3 is 0 Å². The zero-order valence-electron chi connectivity index (χ0n) is 25.1. The van der Waals surface area contributed by atoms with Gasteiger partial charge in [-0.05, 0) is 104 Å². The molecule has 2 aliphatic heterocycles. The van der Waals surface area contributed by atoms with E-state index in [0.717, 1.165) is 69.5 Å². The normalized spacial score (nSPS) is 23.7. The Morgan fingerprint density at radius 1 is 0.932 bits per heavy atom. The number of fused-ring (bicyclic) bond motifs is 3. The Labute approximate surface area is 266 Å².